The number of aryl methyl sites for hydroxylation is 2. The van der Waals surface area contributed by atoms with Crippen LogP contribution in [0.5, 0.6) is 0 Å². The second-order valence-corrected chi connectivity index (χ2v) is 5.61. The standard InChI is InChI=1S/C14H23N3O2/c1-5-11-7-12(17(6-2)15-11)13(18)16-8-14(19,9-16)10(3)4/h7,10,19H,5-6,8-9H2,1-4H3. The number of likely N-dealkylation sites (tertiary alicyclic amines) is 1. The molecule has 0 bridgehead atoms. The van der Waals surface area contributed by atoms with Gasteiger partial charge in [-0.15, -0.1) is 0 Å². The molecular formula is C14H23N3O2. The Morgan fingerprint density at radius 1 is 1.47 bits per heavy atom. The van der Waals surface area contributed by atoms with Crippen molar-refractivity contribution < 1.29 is 9.90 Å². The van der Waals surface area contributed by atoms with E-state index < -0.39 is 5.60 Å². The normalized spacial score (nSPS) is 17.7. The summed E-state index contributed by atoms with van der Waals surface area (Å²) in [6, 6.07) is 1.86. The van der Waals surface area contributed by atoms with Gasteiger partial charge in [0.05, 0.1) is 18.8 Å². The van der Waals surface area contributed by atoms with Gasteiger partial charge in [0.1, 0.15) is 11.3 Å². The van der Waals surface area contributed by atoms with E-state index >= 15 is 0 Å². The molecule has 0 aromatic carbocycles. The lowest BCUT2D eigenvalue weighted by Crippen LogP contribution is -2.66. The third-order valence-corrected chi connectivity index (χ3v) is 4.00. The number of carbonyl (C=O) groups excluding carboxylic acids is 1. The molecule has 1 amide bonds. The maximum Gasteiger partial charge on any atom is 0.272 e. The van der Waals surface area contributed by atoms with Gasteiger partial charge in [0.2, 0.25) is 0 Å². The first-order chi connectivity index (χ1) is 8.91. The van der Waals surface area contributed by atoms with Crippen molar-refractivity contribution >= 4 is 5.91 Å². The van der Waals surface area contributed by atoms with Crippen LogP contribution in [0.4, 0.5) is 0 Å². The molecule has 0 spiro atoms. The highest BCUT2D eigenvalue weighted by molar-refractivity contribution is 5.93. The van der Waals surface area contributed by atoms with Crippen molar-refractivity contribution in [3.63, 3.8) is 0 Å². The van der Waals surface area contributed by atoms with Crippen molar-refractivity contribution in [1.82, 2.24) is 14.7 Å². The summed E-state index contributed by atoms with van der Waals surface area (Å²) in [5.41, 5.74) is 0.843. The minimum atomic E-state index is -0.722. The van der Waals surface area contributed by atoms with E-state index in [1.54, 1.807) is 9.58 Å². The quantitative estimate of drug-likeness (QED) is 0.893. The molecule has 0 saturated carbocycles. The van der Waals surface area contributed by atoms with Crippen molar-refractivity contribution in [2.45, 2.75) is 46.3 Å². The third-order valence-electron chi connectivity index (χ3n) is 4.00. The van der Waals surface area contributed by atoms with E-state index in [1.807, 2.05) is 33.8 Å². The summed E-state index contributed by atoms with van der Waals surface area (Å²) in [7, 11) is 0. The lowest BCUT2D eigenvalue weighted by molar-refractivity contribution is -0.111. The first-order valence-corrected chi connectivity index (χ1v) is 6.99. The van der Waals surface area contributed by atoms with E-state index in [0.29, 0.717) is 25.3 Å². The number of hydrogen-bond donors (Lipinski definition) is 1. The highest BCUT2D eigenvalue weighted by Crippen LogP contribution is 2.29. The minimum absolute atomic E-state index is 0.0284. The van der Waals surface area contributed by atoms with Crippen LogP contribution in [0.2, 0.25) is 0 Å². The Morgan fingerprint density at radius 3 is 2.58 bits per heavy atom. The molecule has 1 fully saturated rings. The summed E-state index contributed by atoms with van der Waals surface area (Å²) in [6.07, 6.45) is 0.823. The Labute approximate surface area is 114 Å². The van der Waals surface area contributed by atoms with Crippen LogP contribution in [-0.2, 0) is 13.0 Å². The van der Waals surface area contributed by atoms with Crippen molar-refractivity contribution in [3.8, 4) is 0 Å². The van der Waals surface area contributed by atoms with Crippen LogP contribution in [0.15, 0.2) is 6.07 Å². The fourth-order valence-electron chi connectivity index (χ4n) is 2.34. The second kappa shape index (κ2) is 4.96. The maximum atomic E-state index is 12.4. The molecule has 1 saturated heterocycles. The summed E-state index contributed by atoms with van der Waals surface area (Å²) in [4.78, 5) is 14.1. The topological polar surface area (TPSA) is 58.4 Å². The third kappa shape index (κ3) is 2.39. The number of rotatable bonds is 4. The van der Waals surface area contributed by atoms with Gasteiger partial charge in [0, 0.05) is 6.54 Å². The van der Waals surface area contributed by atoms with Gasteiger partial charge in [0.25, 0.3) is 5.91 Å². The van der Waals surface area contributed by atoms with Gasteiger partial charge < -0.3 is 10.0 Å². The van der Waals surface area contributed by atoms with E-state index in [2.05, 4.69) is 5.10 Å². The SMILES string of the molecule is CCc1cc(C(=O)N2CC(O)(C(C)C)C2)n(CC)n1. The zero-order valence-corrected chi connectivity index (χ0v) is 12.2. The van der Waals surface area contributed by atoms with E-state index in [0.717, 1.165) is 12.1 Å². The van der Waals surface area contributed by atoms with Crippen LogP contribution >= 0.6 is 0 Å². The van der Waals surface area contributed by atoms with Crippen LogP contribution in [0.3, 0.4) is 0 Å². The Bertz CT molecular complexity index is 473. The van der Waals surface area contributed by atoms with Gasteiger partial charge in [-0.3, -0.25) is 9.48 Å². The number of amides is 1. The first-order valence-electron chi connectivity index (χ1n) is 6.99. The number of carbonyl (C=O) groups is 1. The Balaban J connectivity index is 2.12. The van der Waals surface area contributed by atoms with Crippen molar-refractivity contribution in [3.05, 3.63) is 17.5 Å². The second-order valence-electron chi connectivity index (χ2n) is 5.61. The molecular weight excluding hydrogens is 242 g/mol. The van der Waals surface area contributed by atoms with E-state index in [4.69, 9.17) is 0 Å². The molecule has 1 aliphatic rings. The van der Waals surface area contributed by atoms with Crippen LogP contribution in [-0.4, -0.2) is 44.4 Å². The van der Waals surface area contributed by atoms with Crippen molar-refractivity contribution in [2.75, 3.05) is 13.1 Å². The number of hydrogen-bond acceptors (Lipinski definition) is 3. The number of β-amino-alcohol motifs (C(OH)–C–C–N with tert-alkyl or cyclic N) is 1. The first kappa shape index (κ1) is 14.1. The molecule has 19 heavy (non-hydrogen) atoms. The molecule has 0 unspecified atom stereocenters. The Kier molecular flexibility index (Phi) is 3.67. The molecule has 0 radical (unpaired) electrons. The maximum absolute atomic E-state index is 12.4. The number of aromatic nitrogens is 2. The molecule has 106 valence electrons. The molecule has 0 atom stereocenters. The van der Waals surface area contributed by atoms with Crippen LogP contribution in [0, 0.1) is 5.92 Å². The van der Waals surface area contributed by atoms with Crippen LogP contribution < -0.4 is 0 Å². The summed E-state index contributed by atoms with van der Waals surface area (Å²) < 4.78 is 1.74. The smallest absolute Gasteiger partial charge is 0.272 e. The predicted molar refractivity (Wildman–Crippen MR) is 73.0 cm³/mol. The van der Waals surface area contributed by atoms with Gasteiger partial charge >= 0.3 is 0 Å². The van der Waals surface area contributed by atoms with Crippen LogP contribution in [0.25, 0.3) is 0 Å². The molecule has 1 aromatic heterocycles. The molecule has 5 heteroatoms. The number of nitrogens with zero attached hydrogens (tertiary/aromatic N) is 3. The van der Waals surface area contributed by atoms with E-state index in [9.17, 15) is 9.90 Å². The van der Waals surface area contributed by atoms with Crippen molar-refractivity contribution in [2.24, 2.45) is 5.92 Å². The molecule has 1 aliphatic heterocycles. The zero-order valence-electron chi connectivity index (χ0n) is 12.2. The largest absolute Gasteiger partial charge is 0.386 e. The lowest BCUT2D eigenvalue weighted by atomic mass is 9.83. The van der Waals surface area contributed by atoms with Gasteiger partial charge in [-0.05, 0) is 25.3 Å². The van der Waals surface area contributed by atoms with Gasteiger partial charge in [-0.1, -0.05) is 20.8 Å². The Hall–Kier alpha value is -1.36. The molecule has 1 N–H and O–H groups in total. The summed E-state index contributed by atoms with van der Waals surface area (Å²) in [5.74, 6) is 0.137. The average molecular weight is 265 g/mol. The summed E-state index contributed by atoms with van der Waals surface area (Å²) >= 11 is 0. The monoisotopic (exact) mass is 265 g/mol. The van der Waals surface area contributed by atoms with Crippen molar-refractivity contribution in [1.29, 1.82) is 0 Å². The molecule has 0 aliphatic carbocycles. The van der Waals surface area contributed by atoms with E-state index in [1.165, 1.54) is 0 Å². The predicted octanol–water partition coefficient (Wildman–Crippen LogP) is 1.31. The fourth-order valence-corrected chi connectivity index (χ4v) is 2.34. The Morgan fingerprint density at radius 2 is 2.11 bits per heavy atom. The van der Waals surface area contributed by atoms with Gasteiger partial charge in [0.15, 0.2) is 0 Å². The lowest BCUT2D eigenvalue weighted by Gasteiger charge is -2.48. The molecule has 5 nitrogen and oxygen atoms in total. The molecule has 2 rings (SSSR count). The highest BCUT2D eigenvalue weighted by atomic mass is 16.3. The highest BCUT2D eigenvalue weighted by Gasteiger charge is 2.46. The van der Waals surface area contributed by atoms with E-state index in [-0.39, 0.29) is 11.8 Å². The minimum Gasteiger partial charge on any atom is -0.386 e. The fraction of sp³-hybridized carbons (Fsp3) is 0.714. The summed E-state index contributed by atoms with van der Waals surface area (Å²) in [5, 5.41) is 14.6. The van der Waals surface area contributed by atoms with Gasteiger partial charge in [-0.25, -0.2) is 0 Å². The van der Waals surface area contributed by atoms with Gasteiger partial charge in [-0.2, -0.15) is 5.10 Å². The average Bonchev–Trinajstić information content (AvgIpc) is 2.77. The summed E-state index contributed by atoms with van der Waals surface area (Å²) in [6.45, 7) is 9.48. The number of aliphatic hydroxyl groups is 1. The van der Waals surface area contributed by atoms with Crippen LogP contribution in [0.1, 0.15) is 43.9 Å². The molecule has 1 aromatic rings. The zero-order chi connectivity index (χ0) is 14.2. The molecule has 2 heterocycles.